The number of para-hydroxylation sites is 1. The van der Waals surface area contributed by atoms with Crippen LogP contribution in [0.25, 0.3) is 0 Å². The second-order valence-corrected chi connectivity index (χ2v) is 2.78. The maximum atomic E-state index is 12.9. The Morgan fingerprint density at radius 3 is 2.85 bits per heavy atom. The number of halogens is 2. The molecule has 5 heteroatoms. The molecule has 0 atom stereocenters. The molecule has 1 amide bonds. The van der Waals surface area contributed by atoms with E-state index in [0.717, 1.165) is 0 Å². The van der Waals surface area contributed by atoms with Crippen molar-refractivity contribution in [3.8, 4) is 5.75 Å². The molecule has 0 radical (unpaired) electrons. The zero-order chi connectivity index (χ0) is 9.68. The highest BCUT2D eigenvalue weighted by atomic mass is 127. The average molecular weight is 295 g/mol. The number of nitrogens with one attached hydrogen (secondary N) is 1. The lowest BCUT2D eigenvalue weighted by Crippen LogP contribution is -2.20. The summed E-state index contributed by atoms with van der Waals surface area (Å²) in [5.74, 6) is -0.685. The second-order valence-electron chi connectivity index (χ2n) is 2.24. The van der Waals surface area contributed by atoms with E-state index in [-0.39, 0.29) is 18.3 Å². The lowest BCUT2D eigenvalue weighted by atomic mass is 10.3. The van der Waals surface area contributed by atoms with Crippen molar-refractivity contribution in [1.82, 2.24) is 3.53 Å². The van der Waals surface area contributed by atoms with Crippen LogP contribution in [-0.2, 0) is 4.79 Å². The average Bonchev–Trinajstić information content (AvgIpc) is 2.16. The maximum absolute atomic E-state index is 12.9. The SMILES string of the molecule is O=C(COc1ccccc1F)NI. The van der Waals surface area contributed by atoms with Gasteiger partial charge in [-0.1, -0.05) is 12.1 Å². The predicted octanol–water partition coefficient (Wildman–Crippen LogP) is 1.67. The molecule has 0 spiro atoms. The van der Waals surface area contributed by atoms with Gasteiger partial charge in [-0.15, -0.1) is 0 Å². The molecule has 0 aliphatic rings. The lowest BCUT2D eigenvalue weighted by Gasteiger charge is -2.04. The number of hydrogen-bond acceptors (Lipinski definition) is 2. The molecule has 1 aromatic rings. The lowest BCUT2D eigenvalue weighted by molar-refractivity contribution is -0.120. The molecule has 1 N–H and O–H groups in total. The van der Waals surface area contributed by atoms with Crippen LogP contribution >= 0.6 is 22.9 Å². The molecule has 3 nitrogen and oxygen atoms in total. The zero-order valence-corrected chi connectivity index (χ0v) is 8.75. The van der Waals surface area contributed by atoms with Crippen LogP contribution in [-0.4, -0.2) is 12.5 Å². The van der Waals surface area contributed by atoms with E-state index in [4.69, 9.17) is 4.74 Å². The fourth-order valence-corrected chi connectivity index (χ4v) is 0.888. The van der Waals surface area contributed by atoms with Crippen LogP contribution in [0.2, 0.25) is 0 Å². The molecule has 0 saturated carbocycles. The molecule has 0 aliphatic carbocycles. The first kappa shape index (κ1) is 10.2. The van der Waals surface area contributed by atoms with E-state index < -0.39 is 5.82 Å². The summed E-state index contributed by atoms with van der Waals surface area (Å²) in [6, 6.07) is 5.94. The van der Waals surface area contributed by atoms with Gasteiger partial charge in [0, 0.05) is 0 Å². The molecule has 0 aromatic heterocycles. The Bertz CT molecular complexity index is 306. The fourth-order valence-electron chi connectivity index (χ4n) is 0.732. The molecule has 0 bridgehead atoms. The van der Waals surface area contributed by atoms with Gasteiger partial charge in [-0.05, 0) is 12.1 Å². The summed E-state index contributed by atoms with van der Waals surface area (Å²) in [4.78, 5) is 10.7. The summed E-state index contributed by atoms with van der Waals surface area (Å²) >= 11 is 1.69. The van der Waals surface area contributed by atoms with Gasteiger partial charge in [0.05, 0.1) is 22.9 Å². The van der Waals surface area contributed by atoms with Crippen LogP contribution < -0.4 is 8.27 Å². The Kier molecular flexibility index (Phi) is 3.94. The van der Waals surface area contributed by atoms with Crippen molar-refractivity contribution in [3.05, 3.63) is 30.1 Å². The summed E-state index contributed by atoms with van der Waals surface area (Å²) in [6.07, 6.45) is 0. The highest BCUT2D eigenvalue weighted by Crippen LogP contribution is 2.14. The maximum Gasteiger partial charge on any atom is 0.266 e. The first-order valence-electron chi connectivity index (χ1n) is 3.51. The van der Waals surface area contributed by atoms with E-state index in [1.54, 1.807) is 35.0 Å². The summed E-state index contributed by atoms with van der Waals surface area (Å²) < 4.78 is 20.1. The van der Waals surface area contributed by atoms with Crippen molar-refractivity contribution in [3.63, 3.8) is 0 Å². The van der Waals surface area contributed by atoms with Crippen molar-refractivity contribution in [2.45, 2.75) is 0 Å². The Morgan fingerprint density at radius 1 is 1.54 bits per heavy atom. The second kappa shape index (κ2) is 5.00. The minimum atomic E-state index is -0.469. The van der Waals surface area contributed by atoms with Gasteiger partial charge in [-0.2, -0.15) is 0 Å². The van der Waals surface area contributed by atoms with Gasteiger partial charge in [-0.3, -0.25) is 8.32 Å². The van der Waals surface area contributed by atoms with Gasteiger partial charge in [-0.25, -0.2) is 4.39 Å². The third-order valence-corrected chi connectivity index (χ3v) is 1.90. The van der Waals surface area contributed by atoms with Crippen LogP contribution in [0.1, 0.15) is 0 Å². The van der Waals surface area contributed by atoms with Gasteiger partial charge in [0.15, 0.2) is 18.2 Å². The smallest absolute Gasteiger partial charge is 0.266 e. The molecule has 0 fully saturated rings. The third kappa shape index (κ3) is 3.17. The first-order chi connectivity index (χ1) is 6.24. The van der Waals surface area contributed by atoms with Crippen molar-refractivity contribution >= 4 is 28.8 Å². The van der Waals surface area contributed by atoms with Crippen LogP contribution in [0.15, 0.2) is 24.3 Å². The van der Waals surface area contributed by atoms with Crippen molar-refractivity contribution in [2.75, 3.05) is 6.61 Å². The van der Waals surface area contributed by atoms with E-state index in [9.17, 15) is 9.18 Å². The van der Waals surface area contributed by atoms with Gasteiger partial charge in [0.2, 0.25) is 0 Å². The van der Waals surface area contributed by atoms with E-state index in [0.29, 0.717) is 0 Å². The first-order valence-corrected chi connectivity index (χ1v) is 4.58. The molecule has 1 rings (SSSR count). The summed E-state index contributed by atoms with van der Waals surface area (Å²) in [5.41, 5.74) is 0. The number of rotatable bonds is 3. The van der Waals surface area contributed by atoms with E-state index >= 15 is 0 Å². The highest BCUT2D eigenvalue weighted by Gasteiger charge is 2.03. The van der Waals surface area contributed by atoms with Crippen molar-refractivity contribution < 1.29 is 13.9 Å². The Hall–Kier alpha value is -0.850. The Labute approximate surface area is 88.8 Å². The molecule has 0 unspecified atom stereocenters. The van der Waals surface area contributed by atoms with Gasteiger partial charge >= 0.3 is 0 Å². The molecule has 13 heavy (non-hydrogen) atoms. The summed E-state index contributed by atoms with van der Waals surface area (Å²) in [5, 5.41) is 0. The molecule has 70 valence electrons. The molecule has 0 aliphatic heterocycles. The van der Waals surface area contributed by atoms with E-state index in [2.05, 4.69) is 3.53 Å². The zero-order valence-electron chi connectivity index (χ0n) is 6.59. The van der Waals surface area contributed by atoms with Gasteiger partial charge in [0.25, 0.3) is 5.91 Å². The number of benzene rings is 1. The minimum absolute atomic E-state index is 0.0856. The monoisotopic (exact) mass is 295 g/mol. The largest absolute Gasteiger partial charge is 0.481 e. The van der Waals surface area contributed by atoms with Gasteiger partial charge in [0.1, 0.15) is 0 Å². The topological polar surface area (TPSA) is 38.3 Å². The summed E-state index contributed by atoms with van der Waals surface area (Å²) in [7, 11) is 0. The fraction of sp³-hybridized carbons (Fsp3) is 0.125. The molecule has 0 heterocycles. The van der Waals surface area contributed by atoms with Crippen LogP contribution in [0.5, 0.6) is 5.75 Å². The number of ether oxygens (including phenoxy) is 1. The van der Waals surface area contributed by atoms with Crippen molar-refractivity contribution in [1.29, 1.82) is 0 Å². The minimum Gasteiger partial charge on any atom is -0.481 e. The molecular weight excluding hydrogens is 288 g/mol. The molecular formula is C8H7FINO2. The highest BCUT2D eigenvalue weighted by molar-refractivity contribution is 14.1. The quantitative estimate of drug-likeness (QED) is 0.680. The van der Waals surface area contributed by atoms with E-state index in [1.165, 1.54) is 12.1 Å². The van der Waals surface area contributed by atoms with Gasteiger partial charge < -0.3 is 4.74 Å². The van der Waals surface area contributed by atoms with E-state index in [1.807, 2.05) is 0 Å². The predicted molar refractivity (Wildman–Crippen MR) is 54.1 cm³/mol. The number of carbonyl (C=O) groups is 1. The van der Waals surface area contributed by atoms with Crippen LogP contribution in [0.4, 0.5) is 4.39 Å². The van der Waals surface area contributed by atoms with Crippen molar-refractivity contribution in [2.24, 2.45) is 0 Å². The summed E-state index contributed by atoms with van der Waals surface area (Å²) in [6.45, 7) is -0.177. The number of carbonyl (C=O) groups excluding carboxylic acids is 1. The Balaban J connectivity index is 2.54. The third-order valence-electron chi connectivity index (χ3n) is 1.30. The number of amides is 1. The number of hydrogen-bond donors (Lipinski definition) is 1. The standard InChI is InChI=1S/C8H7FINO2/c9-6-3-1-2-4-7(6)13-5-8(12)11-10/h1-4H,5H2,(H,11,12). The molecule has 0 saturated heterocycles. The molecule has 1 aromatic carbocycles. The van der Waals surface area contributed by atoms with Crippen LogP contribution in [0.3, 0.4) is 0 Å². The Morgan fingerprint density at radius 2 is 2.23 bits per heavy atom. The van der Waals surface area contributed by atoms with Crippen LogP contribution in [0, 0.1) is 5.82 Å². The normalized spacial score (nSPS) is 9.38.